The molecule has 0 N–H and O–H groups in total. The average Bonchev–Trinajstić information content (AvgIpc) is 3.46. The lowest BCUT2D eigenvalue weighted by atomic mass is 10.3. The Bertz CT molecular complexity index is 795. The standard InChI is InChI=1S/C18H26N6OP/c25-18-10-7-15-23(18)26(21-11-3-4-12-21,22-13-5-6-14-22)24-17-9-2-1-8-16(17)19-20-24/h1-2,8-9H,3-7,10-15H2/q+1. The van der Waals surface area contributed by atoms with Gasteiger partial charge in [0, 0.05) is 32.6 Å². The molecule has 3 aliphatic heterocycles. The molecule has 0 atom stereocenters. The molecule has 3 saturated heterocycles. The molecular formula is C18H26N6OP+. The number of hydrogen-bond acceptors (Lipinski definition) is 5. The summed E-state index contributed by atoms with van der Waals surface area (Å²) in [7, 11) is -2.25. The van der Waals surface area contributed by atoms with Crippen molar-refractivity contribution >= 4 is 24.8 Å². The molecule has 0 saturated carbocycles. The van der Waals surface area contributed by atoms with Crippen molar-refractivity contribution in [2.75, 3.05) is 32.7 Å². The van der Waals surface area contributed by atoms with Gasteiger partial charge in [-0.15, -0.1) is 14.4 Å². The molecule has 0 spiro atoms. The molecule has 0 unspecified atom stereocenters. The minimum Gasteiger partial charge on any atom is -0.271 e. The molecule has 138 valence electrons. The smallest absolute Gasteiger partial charge is 0.271 e. The van der Waals surface area contributed by atoms with E-state index in [0.29, 0.717) is 6.42 Å². The van der Waals surface area contributed by atoms with Crippen LogP contribution in [0.3, 0.4) is 0 Å². The van der Waals surface area contributed by atoms with Gasteiger partial charge in [0.2, 0.25) is 0 Å². The molecule has 26 heavy (non-hydrogen) atoms. The highest BCUT2D eigenvalue weighted by Crippen LogP contribution is 2.71. The fourth-order valence-corrected chi connectivity index (χ4v) is 9.44. The zero-order valence-corrected chi connectivity index (χ0v) is 16.0. The lowest BCUT2D eigenvalue weighted by molar-refractivity contribution is -0.124. The summed E-state index contributed by atoms with van der Waals surface area (Å²) in [6.07, 6.45) is 6.41. The van der Waals surface area contributed by atoms with Crippen LogP contribution >= 0.6 is 7.87 Å². The van der Waals surface area contributed by atoms with Crippen molar-refractivity contribution in [2.24, 2.45) is 0 Å². The number of rotatable bonds is 4. The monoisotopic (exact) mass is 373 g/mol. The van der Waals surface area contributed by atoms with E-state index in [-0.39, 0.29) is 5.91 Å². The van der Waals surface area contributed by atoms with Crippen LogP contribution in [-0.2, 0) is 4.79 Å². The fourth-order valence-electron chi connectivity index (χ4n) is 4.74. The van der Waals surface area contributed by atoms with E-state index in [1.54, 1.807) is 0 Å². The second-order valence-electron chi connectivity index (χ2n) is 7.45. The van der Waals surface area contributed by atoms with Crippen LogP contribution in [0.4, 0.5) is 0 Å². The minimum atomic E-state index is -2.25. The molecule has 4 heterocycles. The third-order valence-corrected chi connectivity index (χ3v) is 10.1. The van der Waals surface area contributed by atoms with Crippen molar-refractivity contribution in [2.45, 2.75) is 38.5 Å². The first-order chi connectivity index (χ1) is 12.8. The molecule has 1 aromatic carbocycles. The normalized spacial score (nSPS) is 22.9. The number of aromatic nitrogens is 3. The maximum atomic E-state index is 13.0. The SMILES string of the molecule is O=C1CCCN1[P+](N1CCCC1)(N1CCCC1)n1nnc2ccccc21. The molecule has 1 aromatic heterocycles. The largest absolute Gasteiger partial charge is 0.381 e. The van der Waals surface area contributed by atoms with Gasteiger partial charge in [-0.25, -0.2) is 0 Å². The van der Waals surface area contributed by atoms with Crippen LogP contribution < -0.4 is 0 Å². The van der Waals surface area contributed by atoms with Gasteiger partial charge in [0.25, 0.3) is 5.91 Å². The van der Waals surface area contributed by atoms with Gasteiger partial charge in [-0.2, -0.15) is 4.67 Å². The second-order valence-corrected chi connectivity index (χ2v) is 10.5. The van der Waals surface area contributed by atoms with Crippen LogP contribution in [0.1, 0.15) is 38.5 Å². The van der Waals surface area contributed by atoms with E-state index in [9.17, 15) is 4.79 Å². The Morgan fingerprint density at radius 3 is 2.12 bits per heavy atom. The maximum absolute atomic E-state index is 13.0. The number of carbonyl (C=O) groups excluding carboxylic acids is 1. The topological polar surface area (TPSA) is 57.5 Å². The lowest BCUT2D eigenvalue weighted by Crippen LogP contribution is -2.47. The predicted octanol–water partition coefficient (Wildman–Crippen LogP) is 2.77. The number of amides is 1. The summed E-state index contributed by atoms with van der Waals surface area (Å²) in [6.45, 7) is 5.02. The molecule has 5 rings (SSSR count). The van der Waals surface area contributed by atoms with Crippen molar-refractivity contribution in [1.29, 1.82) is 0 Å². The molecule has 2 aromatic rings. The third-order valence-electron chi connectivity index (χ3n) is 5.88. The molecule has 0 bridgehead atoms. The van der Waals surface area contributed by atoms with Crippen LogP contribution in [0.2, 0.25) is 0 Å². The van der Waals surface area contributed by atoms with Gasteiger partial charge in [0.15, 0.2) is 0 Å². The molecule has 0 radical (unpaired) electrons. The number of carbonyl (C=O) groups is 1. The van der Waals surface area contributed by atoms with Crippen LogP contribution in [0.15, 0.2) is 24.3 Å². The number of hydrogen-bond donors (Lipinski definition) is 0. The molecule has 8 heteroatoms. The van der Waals surface area contributed by atoms with E-state index in [2.05, 4.69) is 40.9 Å². The summed E-state index contributed by atoms with van der Waals surface area (Å²) in [5, 5.41) is 9.15. The van der Waals surface area contributed by atoms with Crippen LogP contribution in [0.5, 0.6) is 0 Å². The van der Waals surface area contributed by atoms with Crippen molar-refractivity contribution < 1.29 is 4.79 Å². The fraction of sp³-hybridized carbons (Fsp3) is 0.611. The van der Waals surface area contributed by atoms with Crippen molar-refractivity contribution in [3.63, 3.8) is 0 Å². The number of benzene rings is 1. The number of para-hydroxylation sites is 1. The lowest BCUT2D eigenvalue weighted by Gasteiger charge is -2.41. The molecule has 3 aliphatic rings. The zero-order valence-electron chi connectivity index (χ0n) is 15.1. The first-order valence-electron chi connectivity index (χ1n) is 9.84. The quantitative estimate of drug-likeness (QED) is 0.772. The van der Waals surface area contributed by atoms with E-state index in [4.69, 9.17) is 0 Å². The van der Waals surface area contributed by atoms with E-state index >= 15 is 0 Å². The first-order valence-corrected chi connectivity index (χ1v) is 11.4. The molecule has 0 aliphatic carbocycles. The summed E-state index contributed by atoms with van der Waals surface area (Å²) in [5.41, 5.74) is 1.97. The van der Waals surface area contributed by atoms with Gasteiger partial charge in [-0.1, -0.05) is 16.6 Å². The zero-order chi connectivity index (χ0) is 17.6. The Morgan fingerprint density at radius 2 is 1.50 bits per heavy atom. The highest BCUT2D eigenvalue weighted by molar-refractivity contribution is 7.68. The van der Waals surface area contributed by atoms with E-state index in [1.807, 2.05) is 12.1 Å². The average molecular weight is 373 g/mol. The molecule has 1 amide bonds. The highest BCUT2D eigenvalue weighted by atomic mass is 31.2. The van der Waals surface area contributed by atoms with Crippen LogP contribution in [0, 0.1) is 0 Å². The number of nitrogens with zero attached hydrogens (tertiary/aromatic N) is 6. The van der Waals surface area contributed by atoms with Gasteiger partial charge in [0.1, 0.15) is 11.0 Å². The Morgan fingerprint density at radius 1 is 0.846 bits per heavy atom. The van der Waals surface area contributed by atoms with Crippen molar-refractivity contribution in [3.8, 4) is 0 Å². The van der Waals surface area contributed by atoms with Crippen LogP contribution in [-0.4, -0.2) is 67.4 Å². The Hall–Kier alpha value is -1.56. The van der Waals surface area contributed by atoms with E-state index < -0.39 is 7.87 Å². The summed E-state index contributed by atoms with van der Waals surface area (Å²) in [6, 6.07) is 8.19. The molecular weight excluding hydrogens is 347 g/mol. The third kappa shape index (κ3) is 2.34. The summed E-state index contributed by atoms with van der Waals surface area (Å²) in [4.78, 5) is 13.0. The summed E-state index contributed by atoms with van der Waals surface area (Å²) < 4.78 is 9.53. The summed E-state index contributed by atoms with van der Waals surface area (Å²) in [5.74, 6) is 0.289. The first kappa shape index (κ1) is 16.6. The Balaban J connectivity index is 1.76. The highest BCUT2D eigenvalue weighted by Gasteiger charge is 2.64. The molecule has 3 fully saturated rings. The maximum Gasteiger partial charge on any atom is 0.381 e. The van der Waals surface area contributed by atoms with Gasteiger partial charge in [-0.3, -0.25) is 4.79 Å². The summed E-state index contributed by atoms with van der Waals surface area (Å²) >= 11 is 0. The van der Waals surface area contributed by atoms with Crippen LogP contribution in [0.25, 0.3) is 11.0 Å². The van der Waals surface area contributed by atoms with E-state index in [0.717, 1.165) is 50.2 Å². The van der Waals surface area contributed by atoms with Gasteiger partial charge in [-0.05, 0) is 49.5 Å². The number of fused-ring (bicyclic) bond motifs is 1. The van der Waals surface area contributed by atoms with Gasteiger partial charge in [0.05, 0.1) is 6.54 Å². The minimum absolute atomic E-state index is 0.289. The Labute approximate surface area is 154 Å². The van der Waals surface area contributed by atoms with E-state index in [1.165, 1.54) is 25.7 Å². The predicted molar refractivity (Wildman–Crippen MR) is 102 cm³/mol. The van der Waals surface area contributed by atoms with Gasteiger partial charge < -0.3 is 0 Å². The second kappa shape index (κ2) is 6.55. The Kier molecular flexibility index (Phi) is 4.18. The van der Waals surface area contributed by atoms with Gasteiger partial charge >= 0.3 is 7.87 Å². The molecule has 7 nitrogen and oxygen atoms in total. The van der Waals surface area contributed by atoms with Crippen molar-refractivity contribution in [3.05, 3.63) is 24.3 Å². The van der Waals surface area contributed by atoms with Crippen molar-refractivity contribution in [1.82, 2.24) is 28.8 Å².